The van der Waals surface area contributed by atoms with E-state index in [-0.39, 0.29) is 63.9 Å². The Morgan fingerprint density at radius 1 is 0.922 bits per heavy atom. The van der Waals surface area contributed by atoms with Crippen LogP contribution in [0.1, 0.15) is 97.1 Å². The molecule has 5 N–H and O–H groups in total. The molecule has 8 nitrogen and oxygen atoms in total. The van der Waals surface area contributed by atoms with Crippen LogP contribution in [0.4, 0.5) is 0 Å². The van der Waals surface area contributed by atoms with Crippen molar-refractivity contribution in [1.29, 1.82) is 0 Å². The monoisotopic (exact) mass is 697 g/mol. The molecule has 5 aliphatic carbocycles. The molecule has 51 heavy (non-hydrogen) atoms. The summed E-state index contributed by atoms with van der Waals surface area (Å²) < 4.78 is 7.08. The fourth-order valence-electron chi connectivity index (χ4n) is 13.7. The smallest absolute Gasteiger partial charge is 0.245 e. The Hall–Kier alpha value is -2.78. The summed E-state index contributed by atoms with van der Waals surface area (Å²) in [6, 6.07) is 18.7. The summed E-state index contributed by atoms with van der Waals surface area (Å²) in [7, 11) is 0. The summed E-state index contributed by atoms with van der Waals surface area (Å²) in [5, 5.41) is 26.9. The van der Waals surface area contributed by atoms with Crippen LogP contribution in [0.15, 0.2) is 60.7 Å². The molecule has 2 spiro atoms. The van der Waals surface area contributed by atoms with E-state index in [1.54, 1.807) is 4.90 Å². The lowest BCUT2D eigenvalue weighted by Crippen LogP contribution is -2.70. The van der Waals surface area contributed by atoms with E-state index in [0.29, 0.717) is 18.9 Å². The molecule has 1 aliphatic heterocycles. The van der Waals surface area contributed by atoms with Crippen LogP contribution in [-0.2, 0) is 27.4 Å². The van der Waals surface area contributed by atoms with E-state index in [0.717, 1.165) is 56.1 Å². The highest BCUT2D eigenvalue weighted by Crippen LogP contribution is 2.87. The molecule has 13 atom stereocenters. The predicted octanol–water partition coefficient (Wildman–Crippen LogP) is 5.59. The van der Waals surface area contributed by atoms with Gasteiger partial charge in [0, 0.05) is 20.0 Å². The number of amides is 2. The van der Waals surface area contributed by atoms with Crippen LogP contribution in [0.25, 0.3) is 0 Å². The Balaban J connectivity index is 1.11. The topological polar surface area (TPSA) is 125 Å². The normalized spacial score (nSPS) is 43.7. The van der Waals surface area contributed by atoms with Gasteiger partial charge in [-0.05, 0) is 108 Å². The SMILES string of the molecule is CC(=O)N(Cc1ccccc1)C(C(=O)NCc1ccccc1)C1C[C@@H](C)[C@H]2C(O1)[C@H](O)[C@@]1(N)C3CC[C@H]4C(C)(C)[C@@H](O)CCC45CC35CC[C@]21C. The maximum Gasteiger partial charge on any atom is 0.245 e. The number of ether oxygens (including phenoxy) is 1. The number of rotatable bonds is 7. The van der Waals surface area contributed by atoms with Crippen molar-refractivity contribution in [3.05, 3.63) is 71.8 Å². The second kappa shape index (κ2) is 12.1. The van der Waals surface area contributed by atoms with Crippen LogP contribution >= 0.6 is 0 Å². The van der Waals surface area contributed by atoms with Crippen LogP contribution < -0.4 is 11.1 Å². The molecule has 8 rings (SSSR count). The summed E-state index contributed by atoms with van der Waals surface area (Å²) >= 11 is 0. The van der Waals surface area contributed by atoms with Gasteiger partial charge >= 0.3 is 0 Å². The maximum absolute atomic E-state index is 14.4. The van der Waals surface area contributed by atoms with Gasteiger partial charge in [-0.2, -0.15) is 0 Å². The number of fused-ring (bicyclic) bond motifs is 4. The standard InChI is InChI=1S/C43H59N3O5/c1-26-22-30(35(38(50)45-23-28-12-8-6-9-13-28)46(27(2)47)24-29-14-10-7-11-15-29)51-36-34(26)40(5)20-21-42-25-41(42)19-18-33(48)39(3,4)31(41)16-17-32(42)43(40,44)37(36)49/h6-15,26,30-37,48-49H,16-25,44H2,1-5H3,(H,45,50)/t26-,30?,31+,32?,33+,34+,35?,36?,37+,40-,41?,42?,43+/m1/s1. The van der Waals surface area contributed by atoms with Crippen LogP contribution in [0.3, 0.4) is 0 Å². The van der Waals surface area contributed by atoms with Gasteiger partial charge in [-0.1, -0.05) is 88.4 Å². The third kappa shape index (κ3) is 4.91. The number of carbonyl (C=O) groups is 2. The summed E-state index contributed by atoms with van der Waals surface area (Å²) in [4.78, 5) is 29.5. The van der Waals surface area contributed by atoms with Crippen molar-refractivity contribution < 1.29 is 24.5 Å². The van der Waals surface area contributed by atoms with Crippen LogP contribution in [0.2, 0.25) is 0 Å². The third-order valence-electron chi connectivity index (χ3n) is 16.2. The zero-order chi connectivity index (χ0) is 36.1. The maximum atomic E-state index is 14.4. The highest BCUT2D eigenvalue weighted by atomic mass is 16.5. The van der Waals surface area contributed by atoms with Gasteiger partial charge in [0.15, 0.2) is 0 Å². The number of carbonyl (C=O) groups excluding carboxylic acids is 2. The number of aliphatic hydroxyl groups excluding tert-OH is 2. The Kier molecular flexibility index (Phi) is 8.38. The Morgan fingerprint density at radius 2 is 1.55 bits per heavy atom. The molecular weight excluding hydrogens is 638 g/mol. The van der Waals surface area contributed by atoms with Gasteiger partial charge in [-0.15, -0.1) is 0 Å². The lowest BCUT2D eigenvalue weighted by Gasteiger charge is -2.63. The summed E-state index contributed by atoms with van der Waals surface area (Å²) in [5.41, 5.74) is 8.75. The number of nitrogens with one attached hydrogen (secondary N) is 1. The largest absolute Gasteiger partial charge is 0.393 e. The molecule has 2 amide bonds. The molecule has 2 aromatic carbocycles. The van der Waals surface area contributed by atoms with Crippen molar-refractivity contribution in [2.24, 2.45) is 51.1 Å². The molecule has 0 radical (unpaired) electrons. The van der Waals surface area contributed by atoms with Gasteiger partial charge in [0.25, 0.3) is 0 Å². The lowest BCUT2D eigenvalue weighted by molar-refractivity contribution is -0.174. The molecule has 276 valence electrons. The molecule has 0 aromatic heterocycles. The summed E-state index contributed by atoms with van der Waals surface area (Å²) in [6.45, 7) is 11.3. The highest BCUT2D eigenvalue weighted by Gasteiger charge is 2.85. The number of hydrogen-bond donors (Lipinski definition) is 4. The van der Waals surface area contributed by atoms with Gasteiger partial charge in [0.05, 0.1) is 30.0 Å². The van der Waals surface area contributed by atoms with Crippen LogP contribution in [0, 0.1) is 45.3 Å². The van der Waals surface area contributed by atoms with Crippen LogP contribution in [-0.4, -0.2) is 62.9 Å². The average Bonchev–Trinajstić information content (AvgIpc) is 3.74. The van der Waals surface area contributed by atoms with Crippen molar-refractivity contribution in [2.75, 3.05) is 0 Å². The Bertz CT molecular complexity index is 1650. The van der Waals surface area contributed by atoms with E-state index < -0.39 is 29.9 Å². The number of nitrogens with zero attached hydrogens (tertiary/aromatic N) is 1. The minimum atomic E-state index is -0.885. The van der Waals surface area contributed by atoms with E-state index in [4.69, 9.17) is 10.5 Å². The van der Waals surface area contributed by atoms with Crippen molar-refractivity contribution in [2.45, 2.75) is 135 Å². The molecule has 0 bridgehead atoms. The van der Waals surface area contributed by atoms with E-state index in [2.05, 4.69) is 33.0 Å². The van der Waals surface area contributed by atoms with Crippen molar-refractivity contribution in [3.63, 3.8) is 0 Å². The summed E-state index contributed by atoms with van der Waals surface area (Å²) in [6.07, 6.45) is 5.38. The number of benzene rings is 2. The third-order valence-corrected chi connectivity index (χ3v) is 16.2. The number of nitrogens with two attached hydrogens (primary N) is 1. The highest BCUT2D eigenvalue weighted by molar-refractivity contribution is 5.87. The Labute approximate surface area is 303 Å². The van der Waals surface area contributed by atoms with Crippen molar-refractivity contribution >= 4 is 11.8 Å². The van der Waals surface area contributed by atoms with Crippen molar-refractivity contribution in [3.8, 4) is 0 Å². The summed E-state index contributed by atoms with van der Waals surface area (Å²) in [5.74, 6) is 0.359. The zero-order valence-electron chi connectivity index (χ0n) is 31.2. The number of aliphatic hydroxyl groups is 2. The Morgan fingerprint density at radius 3 is 2.22 bits per heavy atom. The molecular formula is C43H59N3O5. The van der Waals surface area contributed by atoms with Gasteiger partial charge in [0.1, 0.15) is 6.04 Å². The zero-order valence-corrected chi connectivity index (χ0v) is 31.2. The van der Waals surface area contributed by atoms with E-state index in [1.807, 2.05) is 60.7 Å². The fourth-order valence-corrected chi connectivity index (χ4v) is 13.7. The minimum absolute atomic E-state index is 0.0380. The van der Waals surface area contributed by atoms with Gasteiger partial charge in [0.2, 0.25) is 11.8 Å². The first-order valence-electron chi connectivity index (χ1n) is 19.6. The van der Waals surface area contributed by atoms with Gasteiger partial charge < -0.3 is 30.9 Å². The molecule has 1 saturated heterocycles. The molecule has 2 aromatic rings. The second-order valence-corrected chi connectivity index (χ2v) is 18.5. The van der Waals surface area contributed by atoms with Crippen LogP contribution in [0.5, 0.6) is 0 Å². The molecule has 6 unspecified atom stereocenters. The quantitative estimate of drug-likeness (QED) is 0.299. The molecule has 6 aliphatic rings. The first-order chi connectivity index (χ1) is 24.2. The van der Waals surface area contributed by atoms with Gasteiger partial charge in [-0.25, -0.2) is 0 Å². The predicted molar refractivity (Wildman–Crippen MR) is 196 cm³/mol. The molecule has 6 fully saturated rings. The van der Waals surface area contributed by atoms with Gasteiger partial charge in [-0.3, -0.25) is 9.59 Å². The average molecular weight is 698 g/mol. The molecule has 5 saturated carbocycles. The first-order valence-corrected chi connectivity index (χ1v) is 19.6. The minimum Gasteiger partial charge on any atom is -0.393 e. The second-order valence-electron chi connectivity index (χ2n) is 18.5. The number of hydrogen-bond acceptors (Lipinski definition) is 6. The van der Waals surface area contributed by atoms with E-state index in [1.165, 1.54) is 6.92 Å². The molecule has 1 heterocycles. The first kappa shape index (κ1) is 35.3. The van der Waals surface area contributed by atoms with E-state index >= 15 is 0 Å². The lowest BCUT2D eigenvalue weighted by atomic mass is 9.43. The molecule has 8 heteroatoms. The fraction of sp³-hybridized carbons (Fsp3) is 0.674. The van der Waals surface area contributed by atoms with E-state index in [9.17, 15) is 19.8 Å². The van der Waals surface area contributed by atoms with Crippen molar-refractivity contribution in [1.82, 2.24) is 10.2 Å².